The van der Waals surface area contributed by atoms with Crippen molar-refractivity contribution in [3.05, 3.63) is 40.4 Å². The first kappa shape index (κ1) is 10.7. The lowest BCUT2D eigenvalue weighted by Crippen LogP contribution is -1.75. The molecule has 0 fully saturated rings. The molecule has 3 heteroatoms. The van der Waals surface area contributed by atoms with Crippen LogP contribution >= 0.6 is 27.7 Å². The summed E-state index contributed by atoms with van der Waals surface area (Å²) in [6, 6.07) is 8.10. The smallest absolute Gasteiger partial charge is 0.0895 e. The zero-order valence-corrected chi connectivity index (χ0v) is 9.77. The van der Waals surface area contributed by atoms with Crippen LogP contribution in [-0.4, -0.2) is 6.61 Å². The monoisotopic (exact) mass is 258 g/mol. The molecule has 1 aromatic carbocycles. The molecule has 1 aromatic rings. The Morgan fingerprint density at radius 3 is 2.92 bits per heavy atom. The molecule has 0 saturated heterocycles. The minimum Gasteiger partial charge on any atom is -0.501 e. The molecule has 0 radical (unpaired) electrons. The van der Waals surface area contributed by atoms with Crippen molar-refractivity contribution in [1.29, 1.82) is 0 Å². The van der Waals surface area contributed by atoms with Crippen molar-refractivity contribution in [3.8, 4) is 0 Å². The van der Waals surface area contributed by atoms with Gasteiger partial charge in [0.05, 0.1) is 12.9 Å². The summed E-state index contributed by atoms with van der Waals surface area (Å²) >= 11 is 5.10. The van der Waals surface area contributed by atoms with E-state index >= 15 is 0 Å². The normalized spacial score (nSPS) is 10.6. The van der Waals surface area contributed by atoms with Crippen LogP contribution in [0.3, 0.4) is 0 Å². The van der Waals surface area contributed by atoms with Crippen molar-refractivity contribution < 1.29 is 4.74 Å². The molecular formula is C10H11BrOS. The van der Waals surface area contributed by atoms with E-state index in [1.165, 1.54) is 4.90 Å². The molecule has 0 amide bonds. The maximum absolute atomic E-state index is 5.08. The number of benzene rings is 1. The van der Waals surface area contributed by atoms with Crippen LogP contribution in [0.25, 0.3) is 0 Å². The molecule has 1 rings (SSSR count). The van der Waals surface area contributed by atoms with Gasteiger partial charge in [-0.2, -0.15) is 0 Å². The van der Waals surface area contributed by atoms with E-state index in [2.05, 4.69) is 22.0 Å². The molecule has 0 unspecified atom stereocenters. The Morgan fingerprint density at radius 2 is 2.23 bits per heavy atom. The van der Waals surface area contributed by atoms with E-state index in [1.54, 1.807) is 18.0 Å². The molecule has 0 aliphatic rings. The van der Waals surface area contributed by atoms with Gasteiger partial charge in [-0.3, -0.25) is 0 Å². The Morgan fingerprint density at radius 1 is 1.46 bits per heavy atom. The first-order chi connectivity index (χ1) is 6.34. The van der Waals surface area contributed by atoms with Gasteiger partial charge in [0, 0.05) is 14.8 Å². The predicted octanol–water partition coefficient (Wildman–Crippen LogP) is 4.05. The summed E-state index contributed by atoms with van der Waals surface area (Å²) < 4.78 is 6.19. The summed E-state index contributed by atoms with van der Waals surface area (Å²) in [4.78, 5) is 1.19. The quantitative estimate of drug-likeness (QED) is 0.596. The lowest BCUT2D eigenvalue weighted by Gasteiger charge is -1.98. The fraction of sp³-hybridized carbons (Fsp3) is 0.200. The molecular weight excluding hydrogens is 248 g/mol. The number of ether oxygens (including phenoxy) is 1. The SMILES string of the molecule is CCOC=CSc1ccccc1Br. The molecule has 13 heavy (non-hydrogen) atoms. The van der Waals surface area contributed by atoms with E-state index in [0.29, 0.717) is 6.61 Å². The molecule has 0 bridgehead atoms. The van der Waals surface area contributed by atoms with Crippen LogP contribution in [0.5, 0.6) is 0 Å². The van der Waals surface area contributed by atoms with Crippen LogP contribution in [0.1, 0.15) is 6.92 Å². The third kappa shape index (κ3) is 3.87. The van der Waals surface area contributed by atoms with Gasteiger partial charge in [0.2, 0.25) is 0 Å². The average Bonchev–Trinajstić information content (AvgIpc) is 2.15. The molecule has 0 aliphatic heterocycles. The number of thioether (sulfide) groups is 1. The Labute approximate surface area is 91.3 Å². The second-order valence-corrected chi connectivity index (χ2v) is 4.08. The molecule has 0 atom stereocenters. The van der Waals surface area contributed by atoms with E-state index in [1.807, 2.05) is 30.5 Å². The predicted molar refractivity (Wildman–Crippen MR) is 60.8 cm³/mol. The number of halogens is 1. The summed E-state index contributed by atoms with van der Waals surface area (Å²) in [5.74, 6) is 0. The van der Waals surface area contributed by atoms with Crippen molar-refractivity contribution >= 4 is 27.7 Å². The van der Waals surface area contributed by atoms with E-state index < -0.39 is 0 Å². The largest absolute Gasteiger partial charge is 0.501 e. The van der Waals surface area contributed by atoms with Crippen molar-refractivity contribution in [1.82, 2.24) is 0 Å². The second-order valence-electron chi connectivity index (χ2n) is 2.28. The van der Waals surface area contributed by atoms with Gasteiger partial charge in [0.15, 0.2) is 0 Å². The van der Waals surface area contributed by atoms with Crippen LogP contribution in [0.2, 0.25) is 0 Å². The highest BCUT2D eigenvalue weighted by molar-refractivity contribution is 9.10. The van der Waals surface area contributed by atoms with E-state index in [0.717, 1.165) is 4.47 Å². The third-order valence-corrected chi connectivity index (χ3v) is 3.16. The van der Waals surface area contributed by atoms with Crippen molar-refractivity contribution in [2.75, 3.05) is 6.61 Å². The molecule has 0 spiro atoms. The minimum atomic E-state index is 0.715. The molecule has 0 aromatic heterocycles. The Hall–Kier alpha value is -0.410. The van der Waals surface area contributed by atoms with Crippen molar-refractivity contribution in [3.63, 3.8) is 0 Å². The molecule has 0 N–H and O–H groups in total. The number of rotatable bonds is 4. The fourth-order valence-corrected chi connectivity index (χ4v) is 1.96. The van der Waals surface area contributed by atoms with Gasteiger partial charge >= 0.3 is 0 Å². The van der Waals surface area contributed by atoms with Gasteiger partial charge < -0.3 is 4.74 Å². The van der Waals surface area contributed by atoms with E-state index in [4.69, 9.17) is 4.74 Å². The zero-order chi connectivity index (χ0) is 9.52. The van der Waals surface area contributed by atoms with E-state index in [9.17, 15) is 0 Å². The average molecular weight is 259 g/mol. The van der Waals surface area contributed by atoms with Gasteiger partial charge in [-0.15, -0.1) is 0 Å². The fourth-order valence-electron chi connectivity index (χ4n) is 0.777. The zero-order valence-electron chi connectivity index (χ0n) is 7.37. The lowest BCUT2D eigenvalue weighted by molar-refractivity contribution is 0.270. The number of hydrogen-bond acceptors (Lipinski definition) is 2. The third-order valence-electron chi connectivity index (χ3n) is 1.35. The molecule has 70 valence electrons. The first-order valence-corrected chi connectivity index (χ1v) is 5.69. The molecule has 0 aliphatic carbocycles. The Bertz CT molecular complexity index is 286. The highest BCUT2D eigenvalue weighted by Crippen LogP contribution is 2.27. The first-order valence-electron chi connectivity index (χ1n) is 4.02. The van der Waals surface area contributed by atoms with E-state index in [-0.39, 0.29) is 0 Å². The maximum Gasteiger partial charge on any atom is 0.0895 e. The van der Waals surface area contributed by atoms with Crippen LogP contribution < -0.4 is 0 Å². The maximum atomic E-state index is 5.08. The lowest BCUT2D eigenvalue weighted by atomic mass is 10.4. The van der Waals surface area contributed by atoms with Crippen molar-refractivity contribution in [2.24, 2.45) is 0 Å². The van der Waals surface area contributed by atoms with Gasteiger partial charge in [-0.05, 0) is 35.0 Å². The summed E-state index contributed by atoms with van der Waals surface area (Å²) in [5, 5.41) is 1.93. The van der Waals surface area contributed by atoms with Gasteiger partial charge in [-0.25, -0.2) is 0 Å². The second kappa shape index (κ2) is 6.11. The van der Waals surface area contributed by atoms with Gasteiger partial charge in [-0.1, -0.05) is 23.9 Å². The van der Waals surface area contributed by atoms with Crippen LogP contribution in [0.15, 0.2) is 45.3 Å². The standard InChI is InChI=1S/C10H11BrOS/c1-2-12-7-8-13-10-6-4-3-5-9(10)11/h3-8H,2H2,1H3. The van der Waals surface area contributed by atoms with Gasteiger partial charge in [0.25, 0.3) is 0 Å². The Kier molecular flexibility index (Phi) is 5.01. The summed E-state index contributed by atoms with van der Waals surface area (Å²) in [5.41, 5.74) is 0. The molecule has 1 nitrogen and oxygen atoms in total. The van der Waals surface area contributed by atoms with Gasteiger partial charge in [0.1, 0.15) is 0 Å². The van der Waals surface area contributed by atoms with Crippen LogP contribution in [-0.2, 0) is 4.74 Å². The summed E-state index contributed by atoms with van der Waals surface area (Å²) in [7, 11) is 0. The number of hydrogen-bond donors (Lipinski definition) is 0. The highest BCUT2D eigenvalue weighted by atomic mass is 79.9. The summed E-state index contributed by atoms with van der Waals surface area (Å²) in [6.07, 6.45) is 1.71. The summed E-state index contributed by atoms with van der Waals surface area (Å²) in [6.45, 7) is 2.68. The minimum absolute atomic E-state index is 0.715. The Balaban J connectivity index is 2.49. The molecule has 0 heterocycles. The van der Waals surface area contributed by atoms with Crippen molar-refractivity contribution in [2.45, 2.75) is 11.8 Å². The topological polar surface area (TPSA) is 9.23 Å². The van der Waals surface area contributed by atoms with Crippen LogP contribution in [0, 0.1) is 0 Å². The highest BCUT2D eigenvalue weighted by Gasteiger charge is 1.94. The van der Waals surface area contributed by atoms with Crippen LogP contribution in [0.4, 0.5) is 0 Å². The molecule has 0 saturated carbocycles.